The number of alkyl halides is 2. The number of anilines is 1. The molecule has 7 heteroatoms. The van der Waals surface area contributed by atoms with Gasteiger partial charge in [-0.2, -0.15) is 8.78 Å². The average Bonchev–Trinajstić information content (AvgIpc) is 2.97. The first-order valence-electron chi connectivity index (χ1n) is 9.60. The van der Waals surface area contributed by atoms with Gasteiger partial charge in [-0.15, -0.1) is 0 Å². The van der Waals surface area contributed by atoms with E-state index in [0.29, 0.717) is 6.54 Å². The van der Waals surface area contributed by atoms with Crippen LogP contribution in [0.2, 0.25) is 0 Å². The lowest BCUT2D eigenvalue weighted by Gasteiger charge is -2.21. The van der Waals surface area contributed by atoms with E-state index in [9.17, 15) is 13.6 Å². The Kier molecular flexibility index (Phi) is 7.17. The lowest BCUT2D eigenvalue weighted by Crippen LogP contribution is -2.26. The van der Waals surface area contributed by atoms with Gasteiger partial charge in [0.05, 0.1) is 6.42 Å². The molecule has 0 saturated carbocycles. The molecule has 0 radical (unpaired) electrons. The number of pyridine rings is 1. The van der Waals surface area contributed by atoms with Crippen LogP contribution in [0, 0.1) is 0 Å². The zero-order valence-electron chi connectivity index (χ0n) is 15.7. The van der Waals surface area contributed by atoms with Crippen molar-refractivity contribution in [2.45, 2.75) is 45.3 Å². The molecule has 2 heterocycles. The van der Waals surface area contributed by atoms with Crippen molar-refractivity contribution in [3.05, 3.63) is 53.7 Å². The number of hydrogen-bond acceptors (Lipinski definition) is 4. The summed E-state index contributed by atoms with van der Waals surface area (Å²) in [5.74, 6) is 0.928. The first kappa shape index (κ1) is 20.0. The summed E-state index contributed by atoms with van der Waals surface area (Å²) in [4.78, 5) is 19.0. The number of amides is 1. The van der Waals surface area contributed by atoms with Crippen LogP contribution in [-0.4, -0.2) is 30.6 Å². The standard InChI is InChI=1S/C21H25F2N3O2/c22-21(23)28-18-8-5-16(6-9-18)13-20(27)25-15-17-7-10-19(24-14-17)26-11-3-1-2-4-12-26/h5-10,14,21H,1-4,11-13,15H2,(H,25,27). The molecule has 0 aliphatic carbocycles. The Morgan fingerprint density at radius 3 is 2.32 bits per heavy atom. The minimum Gasteiger partial charge on any atom is -0.435 e. The van der Waals surface area contributed by atoms with E-state index in [4.69, 9.17) is 0 Å². The van der Waals surface area contributed by atoms with E-state index in [0.717, 1.165) is 30.0 Å². The molecule has 1 saturated heterocycles. The predicted octanol–water partition coefficient (Wildman–Crippen LogP) is 3.92. The Bertz CT molecular complexity index is 743. The monoisotopic (exact) mass is 389 g/mol. The zero-order valence-corrected chi connectivity index (χ0v) is 15.7. The molecule has 0 unspecified atom stereocenters. The molecule has 1 aliphatic rings. The lowest BCUT2D eigenvalue weighted by atomic mass is 10.1. The molecule has 1 N–H and O–H groups in total. The average molecular weight is 389 g/mol. The van der Waals surface area contributed by atoms with Crippen molar-refractivity contribution < 1.29 is 18.3 Å². The molecule has 3 rings (SSSR count). The quantitative estimate of drug-likeness (QED) is 0.780. The maximum Gasteiger partial charge on any atom is 0.387 e. The Hall–Kier alpha value is -2.70. The van der Waals surface area contributed by atoms with E-state index in [1.54, 1.807) is 18.3 Å². The highest BCUT2D eigenvalue weighted by Gasteiger charge is 2.11. The Balaban J connectivity index is 1.46. The van der Waals surface area contributed by atoms with Crippen molar-refractivity contribution in [3.63, 3.8) is 0 Å². The van der Waals surface area contributed by atoms with E-state index in [-0.39, 0.29) is 18.1 Å². The lowest BCUT2D eigenvalue weighted by molar-refractivity contribution is -0.120. The summed E-state index contributed by atoms with van der Waals surface area (Å²) in [5.41, 5.74) is 1.67. The summed E-state index contributed by atoms with van der Waals surface area (Å²) >= 11 is 0. The molecule has 0 spiro atoms. The molecular formula is C21H25F2N3O2. The van der Waals surface area contributed by atoms with Crippen LogP contribution in [0.1, 0.15) is 36.8 Å². The van der Waals surface area contributed by atoms with E-state index in [2.05, 4.69) is 19.9 Å². The number of aromatic nitrogens is 1. The summed E-state index contributed by atoms with van der Waals surface area (Å²) in [7, 11) is 0. The summed E-state index contributed by atoms with van der Waals surface area (Å²) in [6.45, 7) is -0.360. The molecule has 0 atom stereocenters. The molecule has 1 fully saturated rings. The van der Waals surface area contributed by atoms with E-state index < -0.39 is 6.61 Å². The normalized spacial score (nSPS) is 14.6. The zero-order chi connectivity index (χ0) is 19.8. The fraction of sp³-hybridized carbons (Fsp3) is 0.429. The molecule has 5 nitrogen and oxygen atoms in total. The molecule has 2 aromatic rings. The van der Waals surface area contributed by atoms with Crippen LogP contribution in [0.5, 0.6) is 5.75 Å². The highest BCUT2D eigenvalue weighted by Crippen LogP contribution is 2.18. The summed E-state index contributed by atoms with van der Waals surface area (Å²) in [6.07, 6.45) is 6.94. The number of nitrogens with one attached hydrogen (secondary N) is 1. The Morgan fingerprint density at radius 1 is 1.04 bits per heavy atom. The maximum absolute atomic E-state index is 12.1. The number of halogens is 2. The molecule has 28 heavy (non-hydrogen) atoms. The largest absolute Gasteiger partial charge is 0.435 e. The number of carbonyl (C=O) groups excluding carboxylic acids is 1. The Morgan fingerprint density at radius 2 is 1.71 bits per heavy atom. The molecule has 0 bridgehead atoms. The van der Waals surface area contributed by atoms with Gasteiger partial charge >= 0.3 is 6.61 Å². The van der Waals surface area contributed by atoms with Crippen LogP contribution in [0.15, 0.2) is 42.6 Å². The summed E-state index contributed by atoms with van der Waals surface area (Å²) in [5, 5.41) is 2.86. The van der Waals surface area contributed by atoms with Crippen LogP contribution < -0.4 is 15.0 Å². The van der Waals surface area contributed by atoms with E-state index >= 15 is 0 Å². The predicted molar refractivity (Wildman–Crippen MR) is 104 cm³/mol. The Labute approximate surface area is 163 Å². The van der Waals surface area contributed by atoms with Crippen molar-refractivity contribution in [2.24, 2.45) is 0 Å². The minimum absolute atomic E-state index is 0.0785. The maximum atomic E-state index is 12.1. The number of ether oxygens (including phenoxy) is 1. The van der Waals surface area contributed by atoms with Gasteiger partial charge in [-0.1, -0.05) is 31.0 Å². The topological polar surface area (TPSA) is 54.5 Å². The van der Waals surface area contributed by atoms with Crippen LogP contribution in [0.4, 0.5) is 14.6 Å². The van der Waals surface area contributed by atoms with Gasteiger partial charge in [0.2, 0.25) is 5.91 Å². The number of benzene rings is 1. The van der Waals surface area contributed by atoms with Gasteiger partial charge in [-0.3, -0.25) is 4.79 Å². The van der Waals surface area contributed by atoms with Gasteiger partial charge in [0.25, 0.3) is 0 Å². The second-order valence-electron chi connectivity index (χ2n) is 6.90. The first-order valence-corrected chi connectivity index (χ1v) is 9.60. The molecule has 1 aromatic carbocycles. The molecule has 150 valence electrons. The SMILES string of the molecule is O=C(Cc1ccc(OC(F)F)cc1)NCc1ccc(N2CCCCCC2)nc1. The van der Waals surface area contributed by atoms with Crippen LogP contribution in [0.25, 0.3) is 0 Å². The van der Waals surface area contributed by atoms with Crippen LogP contribution in [0.3, 0.4) is 0 Å². The molecular weight excluding hydrogens is 364 g/mol. The van der Waals surface area contributed by atoms with Gasteiger partial charge in [-0.05, 0) is 42.2 Å². The van der Waals surface area contributed by atoms with Crippen LogP contribution in [-0.2, 0) is 17.8 Å². The van der Waals surface area contributed by atoms with Crippen LogP contribution >= 0.6 is 0 Å². The van der Waals surface area contributed by atoms with Gasteiger partial charge in [-0.25, -0.2) is 4.98 Å². The number of nitrogens with zero attached hydrogens (tertiary/aromatic N) is 2. The number of carbonyl (C=O) groups is 1. The third-order valence-corrected chi connectivity index (χ3v) is 4.74. The highest BCUT2D eigenvalue weighted by atomic mass is 19.3. The third kappa shape index (κ3) is 6.18. The van der Waals surface area contributed by atoms with Crippen molar-refractivity contribution in [1.82, 2.24) is 10.3 Å². The fourth-order valence-electron chi connectivity index (χ4n) is 3.25. The first-order chi connectivity index (χ1) is 13.6. The third-order valence-electron chi connectivity index (χ3n) is 4.74. The van der Waals surface area contributed by atoms with Crippen molar-refractivity contribution in [1.29, 1.82) is 0 Å². The van der Waals surface area contributed by atoms with Gasteiger partial charge in [0.1, 0.15) is 11.6 Å². The van der Waals surface area contributed by atoms with Gasteiger partial charge < -0.3 is 15.0 Å². The van der Waals surface area contributed by atoms with Gasteiger partial charge in [0, 0.05) is 25.8 Å². The summed E-state index contributed by atoms with van der Waals surface area (Å²) in [6, 6.07) is 10.1. The summed E-state index contributed by atoms with van der Waals surface area (Å²) < 4.78 is 28.6. The number of hydrogen-bond donors (Lipinski definition) is 1. The fourth-order valence-corrected chi connectivity index (χ4v) is 3.25. The smallest absolute Gasteiger partial charge is 0.387 e. The van der Waals surface area contributed by atoms with Crippen molar-refractivity contribution in [3.8, 4) is 5.75 Å². The number of rotatable bonds is 7. The van der Waals surface area contributed by atoms with Gasteiger partial charge in [0.15, 0.2) is 0 Å². The minimum atomic E-state index is -2.85. The van der Waals surface area contributed by atoms with Crippen molar-refractivity contribution >= 4 is 11.7 Å². The van der Waals surface area contributed by atoms with E-state index in [1.165, 1.54) is 37.8 Å². The molecule has 1 amide bonds. The van der Waals surface area contributed by atoms with Crippen molar-refractivity contribution in [2.75, 3.05) is 18.0 Å². The second-order valence-corrected chi connectivity index (χ2v) is 6.90. The second kappa shape index (κ2) is 10.0. The van der Waals surface area contributed by atoms with E-state index in [1.807, 2.05) is 12.1 Å². The molecule has 1 aromatic heterocycles. The molecule has 1 aliphatic heterocycles. The highest BCUT2D eigenvalue weighted by molar-refractivity contribution is 5.78.